The van der Waals surface area contributed by atoms with Crippen LogP contribution in [0.15, 0.2) is 54.6 Å². The Hall–Kier alpha value is -2.27. The zero-order valence-corrected chi connectivity index (χ0v) is 17.0. The van der Waals surface area contributed by atoms with Crippen molar-refractivity contribution in [3.63, 3.8) is 0 Å². The lowest BCUT2D eigenvalue weighted by molar-refractivity contribution is -0.121. The van der Waals surface area contributed by atoms with Crippen molar-refractivity contribution in [2.24, 2.45) is 5.92 Å². The van der Waals surface area contributed by atoms with Crippen molar-refractivity contribution in [3.8, 4) is 0 Å². The van der Waals surface area contributed by atoms with Crippen molar-refractivity contribution < 1.29 is 4.79 Å². The van der Waals surface area contributed by atoms with Crippen LogP contribution in [-0.2, 0) is 17.1 Å². The molecule has 0 saturated carbocycles. The van der Waals surface area contributed by atoms with Crippen LogP contribution in [0.4, 0.5) is 0 Å². The number of para-hydroxylation sites is 2. The predicted molar refractivity (Wildman–Crippen MR) is 114 cm³/mol. The number of benzene rings is 2. The third-order valence-corrected chi connectivity index (χ3v) is 6.23. The van der Waals surface area contributed by atoms with Gasteiger partial charge in [0.1, 0.15) is 5.82 Å². The van der Waals surface area contributed by atoms with Crippen LogP contribution in [0.25, 0.3) is 11.0 Å². The highest BCUT2D eigenvalue weighted by atomic mass is 32.2. The minimum absolute atomic E-state index is 0.0502. The van der Waals surface area contributed by atoms with E-state index in [1.54, 1.807) is 11.8 Å². The molecule has 1 N–H and O–H groups in total. The number of amides is 1. The van der Waals surface area contributed by atoms with E-state index in [9.17, 15) is 4.79 Å². The highest BCUT2D eigenvalue weighted by Crippen LogP contribution is 2.24. The van der Waals surface area contributed by atoms with Crippen molar-refractivity contribution in [3.05, 3.63) is 66.0 Å². The average Bonchev–Trinajstić information content (AvgIpc) is 2.98. The minimum atomic E-state index is -0.0502. The number of thioether (sulfide) groups is 1. The first kappa shape index (κ1) is 19.5. The molecule has 0 aliphatic rings. The van der Waals surface area contributed by atoms with Gasteiger partial charge in [0, 0.05) is 18.8 Å². The van der Waals surface area contributed by atoms with Crippen molar-refractivity contribution in [1.29, 1.82) is 0 Å². The summed E-state index contributed by atoms with van der Waals surface area (Å²) in [7, 11) is 0. The summed E-state index contributed by atoms with van der Waals surface area (Å²) in [5.41, 5.74) is 3.37. The lowest BCUT2D eigenvalue weighted by Crippen LogP contribution is -2.37. The molecule has 0 radical (unpaired) electrons. The lowest BCUT2D eigenvalue weighted by Gasteiger charge is -2.20. The van der Waals surface area contributed by atoms with Gasteiger partial charge in [0.05, 0.1) is 16.3 Å². The molecule has 0 saturated heterocycles. The number of hydrogen-bond acceptors (Lipinski definition) is 3. The van der Waals surface area contributed by atoms with Gasteiger partial charge in [-0.3, -0.25) is 4.79 Å². The van der Waals surface area contributed by atoms with Crippen LogP contribution in [-0.4, -0.2) is 27.3 Å². The maximum atomic E-state index is 12.7. The zero-order valence-electron chi connectivity index (χ0n) is 16.2. The molecule has 1 atom stereocenters. The van der Waals surface area contributed by atoms with Crippen molar-refractivity contribution in [2.75, 3.05) is 6.54 Å². The average molecular weight is 382 g/mol. The standard InChI is InChI=1S/C22H27N3OS/c1-16(2)21(27-15-18-9-5-4-6-10-18)22(26)23-13-14-25-17(3)24-19-11-7-8-12-20(19)25/h4-12,16,21H,13-15H2,1-3H3,(H,23,26). The molecule has 0 spiro atoms. The van der Waals surface area contributed by atoms with Gasteiger partial charge >= 0.3 is 0 Å². The molecule has 3 rings (SSSR count). The minimum Gasteiger partial charge on any atom is -0.353 e. The first-order valence-electron chi connectivity index (χ1n) is 9.41. The van der Waals surface area contributed by atoms with E-state index in [0.717, 1.165) is 29.2 Å². The Kier molecular flexibility index (Phi) is 6.56. The van der Waals surface area contributed by atoms with E-state index in [2.05, 4.69) is 46.9 Å². The highest BCUT2D eigenvalue weighted by molar-refractivity contribution is 7.99. The predicted octanol–water partition coefficient (Wildman–Crippen LogP) is 4.42. The SMILES string of the molecule is Cc1nc2ccccc2n1CCNC(=O)C(SCc1ccccc1)C(C)C. The molecule has 5 heteroatoms. The fourth-order valence-electron chi connectivity index (χ4n) is 3.20. The molecular weight excluding hydrogens is 354 g/mol. The number of carbonyl (C=O) groups excluding carboxylic acids is 1. The molecule has 0 bridgehead atoms. The molecule has 1 heterocycles. The molecule has 2 aromatic carbocycles. The maximum absolute atomic E-state index is 12.7. The monoisotopic (exact) mass is 381 g/mol. The van der Waals surface area contributed by atoms with Crippen LogP contribution in [0.1, 0.15) is 25.2 Å². The number of aromatic nitrogens is 2. The van der Waals surface area contributed by atoms with Gasteiger partial charge in [0.15, 0.2) is 0 Å². The summed E-state index contributed by atoms with van der Waals surface area (Å²) in [5.74, 6) is 2.23. The topological polar surface area (TPSA) is 46.9 Å². The van der Waals surface area contributed by atoms with Crippen LogP contribution < -0.4 is 5.32 Å². The molecule has 0 fully saturated rings. The Bertz CT molecular complexity index is 889. The second-order valence-electron chi connectivity index (χ2n) is 7.05. The molecule has 0 aliphatic heterocycles. The number of rotatable bonds is 8. The van der Waals surface area contributed by atoms with Crippen LogP contribution in [0.2, 0.25) is 0 Å². The summed E-state index contributed by atoms with van der Waals surface area (Å²) in [6.45, 7) is 7.56. The van der Waals surface area contributed by atoms with E-state index in [1.807, 2.05) is 43.3 Å². The van der Waals surface area contributed by atoms with Crippen molar-refractivity contribution >= 4 is 28.7 Å². The first-order chi connectivity index (χ1) is 13.1. The van der Waals surface area contributed by atoms with Gasteiger partial charge in [-0.15, -0.1) is 11.8 Å². The second kappa shape index (κ2) is 9.09. The Morgan fingerprint density at radius 3 is 2.56 bits per heavy atom. The molecule has 1 unspecified atom stereocenters. The summed E-state index contributed by atoms with van der Waals surface area (Å²) >= 11 is 1.71. The maximum Gasteiger partial charge on any atom is 0.233 e. The van der Waals surface area contributed by atoms with E-state index >= 15 is 0 Å². The molecule has 1 amide bonds. The Labute approximate surface area is 165 Å². The number of hydrogen-bond donors (Lipinski definition) is 1. The van der Waals surface area contributed by atoms with Gasteiger partial charge in [0.25, 0.3) is 0 Å². The van der Waals surface area contributed by atoms with E-state index in [1.165, 1.54) is 5.56 Å². The number of carbonyl (C=O) groups is 1. The fourth-order valence-corrected chi connectivity index (χ4v) is 4.38. The normalized spacial score (nSPS) is 12.4. The van der Waals surface area contributed by atoms with Gasteiger partial charge in [-0.2, -0.15) is 0 Å². The Balaban J connectivity index is 1.56. The summed E-state index contributed by atoms with van der Waals surface area (Å²) < 4.78 is 2.16. The summed E-state index contributed by atoms with van der Waals surface area (Å²) in [5, 5.41) is 3.07. The number of imidazole rings is 1. The van der Waals surface area contributed by atoms with Crippen molar-refractivity contribution in [2.45, 2.75) is 38.3 Å². The van der Waals surface area contributed by atoms with Gasteiger partial charge < -0.3 is 9.88 Å². The Morgan fingerprint density at radius 2 is 1.81 bits per heavy atom. The molecule has 4 nitrogen and oxygen atoms in total. The van der Waals surface area contributed by atoms with Gasteiger partial charge in [-0.25, -0.2) is 4.98 Å². The number of aryl methyl sites for hydroxylation is 1. The summed E-state index contributed by atoms with van der Waals surface area (Å²) in [4.78, 5) is 17.3. The lowest BCUT2D eigenvalue weighted by atomic mass is 10.1. The van der Waals surface area contributed by atoms with E-state index < -0.39 is 0 Å². The van der Waals surface area contributed by atoms with Gasteiger partial charge in [0.2, 0.25) is 5.91 Å². The first-order valence-corrected chi connectivity index (χ1v) is 10.5. The summed E-state index contributed by atoms with van der Waals surface area (Å²) in [6.07, 6.45) is 0. The van der Waals surface area contributed by atoms with E-state index in [0.29, 0.717) is 6.54 Å². The quantitative estimate of drug-likeness (QED) is 0.628. The highest BCUT2D eigenvalue weighted by Gasteiger charge is 2.22. The third kappa shape index (κ3) is 4.92. The van der Waals surface area contributed by atoms with Crippen molar-refractivity contribution in [1.82, 2.24) is 14.9 Å². The molecule has 3 aromatic rings. The molecular formula is C22H27N3OS. The van der Waals surface area contributed by atoms with E-state index in [4.69, 9.17) is 0 Å². The van der Waals surface area contributed by atoms with Crippen LogP contribution >= 0.6 is 11.8 Å². The third-order valence-electron chi connectivity index (χ3n) is 4.62. The van der Waals surface area contributed by atoms with Crippen LogP contribution in [0.5, 0.6) is 0 Å². The number of fused-ring (bicyclic) bond motifs is 1. The molecule has 27 heavy (non-hydrogen) atoms. The molecule has 1 aromatic heterocycles. The second-order valence-corrected chi connectivity index (χ2v) is 8.18. The number of nitrogens with zero attached hydrogens (tertiary/aromatic N) is 2. The zero-order chi connectivity index (χ0) is 19.2. The van der Waals surface area contributed by atoms with Crippen LogP contribution in [0.3, 0.4) is 0 Å². The molecule has 0 aliphatic carbocycles. The summed E-state index contributed by atoms with van der Waals surface area (Å²) in [6, 6.07) is 18.4. The number of nitrogens with one attached hydrogen (secondary N) is 1. The van der Waals surface area contributed by atoms with Crippen LogP contribution in [0, 0.1) is 12.8 Å². The molecule has 142 valence electrons. The van der Waals surface area contributed by atoms with Gasteiger partial charge in [-0.05, 0) is 30.5 Å². The smallest absolute Gasteiger partial charge is 0.233 e. The van der Waals surface area contributed by atoms with E-state index in [-0.39, 0.29) is 17.1 Å². The van der Waals surface area contributed by atoms with Gasteiger partial charge in [-0.1, -0.05) is 56.3 Å². The fraction of sp³-hybridized carbons (Fsp3) is 0.364. The Morgan fingerprint density at radius 1 is 1.11 bits per heavy atom. The largest absolute Gasteiger partial charge is 0.353 e.